The van der Waals surface area contributed by atoms with Crippen LogP contribution < -0.4 is 15.4 Å². The van der Waals surface area contributed by atoms with E-state index in [9.17, 15) is 43.8 Å². The zero-order valence-corrected chi connectivity index (χ0v) is 26.5. The standard InChI is InChI=1S/C33H35N3O12/c1-17(4-9-22-29(42)28-23(16-47-33(28)45)18(2)30(22)46-3)21(15-27(40)41)14-24(37)34-12-13-35-31(43)19-5-7-20(8-6-19)32(44)48-36-25(38)10-11-26(36)39/h4-8,21,42H,9-16H2,1-3H3,(H,34,37)(H,35,43)(H,40,41)/b17-4+. The molecule has 4 rings (SSSR count). The van der Waals surface area contributed by atoms with E-state index < -0.39 is 47.5 Å². The maximum atomic E-state index is 12.7. The second-order valence-electron chi connectivity index (χ2n) is 11.2. The number of fused-ring (bicyclic) bond motifs is 1. The lowest BCUT2D eigenvalue weighted by atomic mass is 9.90. The maximum absolute atomic E-state index is 12.7. The summed E-state index contributed by atoms with van der Waals surface area (Å²) < 4.78 is 10.6. The number of imide groups is 1. The van der Waals surface area contributed by atoms with Crippen LogP contribution >= 0.6 is 0 Å². The minimum atomic E-state index is -1.11. The Balaban J connectivity index is 1.29. The molecule has 2 aliphatic heterocycles. The number of carbonyl (C=O) groups excluding carboxylic acids is 6. The van der Waals surface area contributed by atoms with E-state index in [0.717, 1.165) is 0 Å². The van der Waals surface area contributed by atoms with Crippen LogP contribution in [0.5, 0.6) is 11.5 Å². The smallest absolute Gasteiger partial charge is 0.363 e. The van der Waals surface area contributed by atoms with Crippen LogP contribution in [-0.2, 0) is 41.8 Å². The van der Waals surface area contributed by atoms with E-state index in [0.29, 0.717) is 33.1 Å². The summed E-state index contributed by atoms with van der Waals surface area (Å²) >= 11 is 0. The lowest BCUT2D eigenvalue weighted by molar-refractivity contribution is -0.172. The molecule has 2 aromatic carbocycles. The molecule has 48 heavy (non-hydrogen) atoms. The van der Waals surface area contributed by atoms with E-state index in [1.54, 1.807) is 19.9 Å². The number of hydrogen-bond acceptors (Lipinski definition) is 11. The number of hydrogen-bond donors (Lipinski definition) is 4. The summed E-state index contributed by atoms with van der Waals surface area (Å²) in [6.45, 7) is 3.55. The van der Waals surface area contributed by atoms with Crippen LogP contribution in [0, 0.1) is 12.8 Å². The first-order valence-corrected chi connectivity index (χ1v) is 15.0. The number of allylic oxidation sites excluding steroid dienone is 2. The molecule has 0 radical (unpaired) electrons. The third kappa shape index (κ3) is 7.97. The van der Waals surface area contributed by atoms with Gasteiger partial charge in [-0.2, -0.15) is 0 Å². The Bertz CT molecular complexity index is 1680. The van der Waals surface area contributed by atoms with Crippen molar-refractivity contribution in [1.82, 2.24) is 15.7 Å². The quantitative estimate of drug-likeness (QED) is 0.0988. The first-order valence-electron chi connectivity index (χ1n) is 15.0. The molecule has 2 aliphatic rings. The predicted molar refractivity (Wildman–Crippen MR) is 165 cm³/mol. The van der Waals surface area contributed by atoms with Gasteiger partial charge in [0.05, 0.1) is 19.1 Å². The van der Waals surface area contributed by atoms with Gasteiger partial charge in [0.2, 0.25) is 5.91 Å². The number of phenols is 1. The summed E-state index contributed by atoms with van der Waals surface area (Å²) in [5.41, 5.74) is 2.41. The van der Waals surface area contributed by atoms with Crippen molar-refractivity contribution >= 4 is 41.5 Å². The van der Waals surface area contributed by atoms with Gasteiger partial charge < -0.3 is 35.2 Å². The van der Waals surface area contributed by atoms with Crippen LogP contribution in [0.15, 0.2) is 35.9 Å². The third-order valence-corrected chi connectivity index (χ3v) is 8.07. The molecular weight excluding hydrogens is 630 g/mol. The van der Waals surface area contributed by atoms with E-state index in [4.69, 9.17) is 14.3 Å². The highest BCUT2D eigenvalue weighted by Gasteiger charge is 2.34. The van der Waals surface area contributed by atoms with Crippen molar-refractivity contribution in [2.75, 3.05) is 20.2 Å². The predicted octanol–water partition coefficient (Wildman–Crippen LogP) is 2.12. The van der Waals surface area contributed by atoms with Gasteiger partial charge in [0, 0.05) is 49.0 Å². The molecule has 0 aliphatic carbocycles. The largest absolute Gasteiger partial charge is 0.507 e. The van der Waals surface area contributed by atoms with Crippen LogP contribution in [0.2, 0.25) is 0 Å². The first kappa shape index (κ1) is 35.1. The van der Waals surface area contributed by atoms with Crippen LogP contribution in [0.1, 0.15) is 80.4 Å². The van der Waals surface area contributed by atoms with Gasteiger partial charge in [-0.1, -0.05) is 11.6 Å². The van der Waals surface area contributed by atoms with Crippen molar-refractivity contribution in [2.45, 2.75) is 52.6 Å². The fourth-order valence-corrected chi connectivity index (χ4v) is 5.39. The Morgan fingerprint density at radius 3 is 2.25 bits per heavy atom. The van der Waals surface area contributed by atoms with Gasteiger partial charge in [-0.3, -0.25) is 24.0 Å². The van der Waals surface area contributed by atoms with E-state index in [1.807, 2.05) is 0 Å². The third-order valence-electron chi connectivity index (χ3n) is 8.07. The highest BCUT2D eigenvalue weighted by molar-refractivity contribution is 6.03. The summed E-state index contributed by atoms with van der Waals surface area (Å²) in [4.78, 5) is 89.4. The van der Waals surface area contributed by atoms with Gasteiger partial charge in [0.1, 0.15) is 23.7 Å². The normalized spacial score (nSPS) is 14.7. The summed E-state index contributed by atoms with van der Waals surface area (Å²) in [6.07, 6.45) is 1.22. The number of benzene rings is 2. The SMILES string of the molecule is COc1c(C)c2c(c(O)c1C/C=C(\C)C(CC(=O)O)CC(=O)NCCNC(=O)c1ccc(C(=O)ON3C(=O)CCC3=O)cc1)C(=O)OC2. The summed E-state index contributed by atoms with van der Waals surface area (Å²) in [6, 6.07) is 5.32. The minimum absolute atomic E-state index is 0.0228. The van der Waals surface area contributed by atoms with Gasteiger partial charge in [-0.05, 0) is 56.0 Å². The maximum Gasteiger partial charge on any atom is 0.363 e. The molecule has 1 saturated heterocycles. The number of carboxylic acids is 1. The summed E-state index contributed by atoms with van der Waals surface area (Å²) in [5.74, 6) is -5.41. The number of aromatic hydroxyl groups is 1. The number of carboxylic acid groups (broad SMARTS) is 1. The molecule has 1 atom stereocenters. The molecule has 1 unspecified atom stereocenters. The molecule has 2 aromatic rings. The number of esters is 1. The number of cyclic esters (lactones) is 1. The van der Waals surface area contributed by atoms with Crippen LogP contribution in [0.25, 0.3) is 0 Å². The Morgan fingerprint density at radius 1 is 1.00 bits per heavy atom. The number of amides is 4. The Kier molecular flexibility index (Phi) is 11.2. The highest BCUT2D eigenvalue weighted by atomic mass is 16.7. The molecule has 4 N–H and O–H groups in total. The van der Waals surface area contributed by atoms with Crippen molar-refractivity contribution < 1.29 is 58.1 Å². The molecule has 1 fully saturated rings. The molecule has 0 aromatic heterocycles. The number of methoxy groups -OCH3 is 1. The zero-order chi connectivity index (χ0) is 35.1. The molecule has 2 heterocycles. The van der Waals surface area contributed by atoms with E-state index in [2.05, 4.69) is 10.6 Å². The fraction of sp³-hybridized carbons (Fsp3) is 0.364. The molecule has 15 nitrogen and oxygen atoms in total. The van der Waals surface area contributed by atoms with E-state index in [1.165, 1.54) is 31.4 Å². The first-order chi connectivity index (χ1) is 22.8. The van der Waals surface area contributed by atoms with Crippen molar-refractivity contribution in [2.24, 2.45) is 5.92 Å². The number of carbonyl (C=O) groups is 7. The summed E-state index contributed by atoms with van der Waals surface area (Å²) in [5, 5.41) is 26.0. The lowest BCUT2D eigenvalue weighted by Gasteiger charge is -2.18. The Morgan fingerprint density at radius 2 is 1.62 bits per heavy atom. The topological polar surface area (TPSA) is 215 Å². The number of hydroxylamine groups is 2. The Hall–Kier alpha value is -5.73. The molecule has 254 valence electrons. The van der Waals surface area contributed by atoms with Gasteiger partial charge in [0.15, 0.2) is 0 Å². The number of phenolic OH excluding ortho intramolecular Hbond substituents is 1. The molecule has 0 bridgehead atoms. The Labute approximate surface area is 274 Å². The second kappa shape index (κ2) is 15.2. The molecule has 0 spiro atoms. The second-order valence-corrected chi connectivity index (χ2v) is 11.2. The number of nitrogens with one attached hydrogen (secondary N) is 2. The average Bonchev–Trinajstić information content (AvgIpc) is 3.60. The van der Waals surface area contributed by atoms with E-state index >= 15 is 0 Å². The number of aliphatic carboxylic acids is 1. The average molecular weight is 666 g/mol. The fourth-order valence-electron chi connectivity index (χ4n) is 5.39. The molecular formula is C33H35N3O12. The molecule has 15 heteroatoms. The van der Waals surface area contributed by atoms with Gasteiger partial charge >= 0.3 is 17.9 Å². The monoisotopic (exact) mass is 665 g/mol. The minimum Gasteiger partial charge on any atom is -0.507 e. The van der Waals surface area contributed by atoms with Crippen LogP contribution in [-0.4, -0.2) is 77.0 Å². The van der Waals surface area contributed by atoms with Crippen LogP contribution in [0.3, 0.4) is 0 Å². The molecule has 0 saturated carbocycles. The number of nitrogens with zero attached hydrogens (tertiary/aromatic N) is 1. The van der Waals surface area contributed by atoms with E-state index in [-0.39, 0.29) is 74.2 Å². The van der Waals surface area contributed by atoms with Gasteiger partial charge in [-0.15, -0.1) is 5.06 Å². The van der Waals surface area contributed by atoms with Gasteiger partial charge in [0.25, 0.3) is 17.7 Å². The van der Waals surface area contributed by atoms with Gasteiger partial charge in [-0.25, -0.2) is 9.59 Å². The van der Waals surface area contributed by atoms with Crippen molar-refractivity contribution in [1.29, 1.82) is 0 Å². The molecule has 4 amide bonds. The zero-order valence-electron chi connectivity index (χ0n) is 26.5. The van der Waals surface area contributed by atoms with Crippen molar-refractivity contribution in [3.8, 4) is 11.5 Å². The van der Waals surface area contributed by atoms with Crippen molar-refractivity contribution in [3.05, 3.63) is 69.3 Å². The highest BCUT2D eigenvalue weighted by Crippen LogP contribution is 2.42. The number of rotatable bonds is 14. The lowest BCUT2D eigenvalue weighted by Crippen LogP contribution is -2.35. The van der Waals surface area contributed by atoms with Crippen molar-refractivity contribution in [3.63, 3.8) is 0 Å². The summed E-state index contributed by atoms with van der Waals surface area (Å²) in [7, 11) is 1.44. The van der Waals surface area contributed by atoms with Crippen LogP contribution in [0.4, 0.5) is 0 Å². The number of ether oxygens (including phenoxy) is 2.